The van der Waals surface area contributed by atoms with Crippen molar-refractivity contribution in [2.75, 3.05) is 26.0 Å². The normalized spacial score (nSPS) is 10.9. The molecule has 0 aliphatic carbocycles. The Morgan fingerprint density at radius 3 is 2.54 bits per heavy atom. The van der Waals surface area contributed by atoms with Crippen LogP contribution in [0.1, 0.15) is 15.9 Å². The van der Waals surface area contributed by atoms with Gasteiger partial charge in [-0.25, -0.2) is 15.0 Å². The first-order valence-corrected chi connectivity index (χ1v) is 8.79. The number of rotatable bonds is 7. The standard InChI is InChI=1S/C20H22N6O2/c1-25(2)12-14-4-6-15(7-5-14)18(27)11-22-20-24-17(10-19(28)26(20)3)16-8-9-21-13-23-16/h4-10,13H,11-12H2,1-3H3,(H,22,24). The van der Waals surface area contributed by atoms with Gasteiger partial charge in [0.1, 0.15) is 6.33 Å². The van der Waals surface area contributed by atoms with Gasteiger partial charge in [0, 0.05) is 31.4 Å². The van der Waals surface area contributed by atoms with Crippen molar-refractivity contribution in [1.82, 2.24) is 24.4 Å². The molecule has 0 atom stereocenters. The number of carbonyl (C=O) groups is 1. The molecule has 1 aromatic carbocycles. The fraction of sp³-hybridized carbons (Fsp3) is 0.250. The number of aromatic nitrogens is 4. The molecule has 144 valence electrons. The van der Waals surface area contributed by atoms with Crippen molar-refractivity contribution in [3.8, 4) is 11.4 Å². The van der Waals surface area contributed by atoms with Gasteiger partial charge in [-0.05, 0) is 25.7 Å². The van der Waals surface area contributed by atoms with Crippen molar-refractivity contribution >= 4 is 11.7 Å². The molecule has 3 rings (SSSR count). The van der Waals surface area contributed by atoms with Crippen LogP contribution in [-0.2, 0) is 13.6 Å². The van der Waals surface area contributed by atoms with Gasteiger partial charge in [-0.15, -0.1) is 0 Å². The Labute approximate surface area is 162 Å². The highest BCUT2D eigenvalue weighted by Crippen LogP contribution is 2.13. The lowest BCUT2D eigenvalue weighted by Gasteiger charge is -2.12. The van der Waals surface area contributed by atoms with Crippen LogP contribution in [0.25, 0.3) is 11.4 Å². The van der Waals surface area contributed by atoms with E-state index < -0.39 is 0 Å². The van der Waals surface area contributed by atoms with E-state index in [4.69, 9.17) is 0 Å². The summed E-state index contributed by atoms with van der Waals surface area (Å²) in [5.74, 6) is 0.219. The number of carbonyl (C=O) groups excluding carboxylic acids is 1. The average molecular weight is 378 g/mol. The Bertz CT molecular complexity index is 1010. The highest BCUT2D eigenvalue weighted by atomic mass is 16.1. The van der Waals surface area contributed by atoms with Crippen LogP contribution in [0, 0.1) is 0 Å². The lowest BCUT2D eigenvalue weighted by Crippen LogP contribution is -2.24. The number of hydrogen-bond acceptors (Lipinski definition) is 7. The molecular formula is C20H22N6O2. The zero-order valence-corrected chi connectivity index (χ0v) is 16.1. The van der Waals surface area contributed by atoms with Gasteiger partial charge in [0.05, 0.1) is 17.9 Å². The summed E-state index contributed by atoms with van der Waals surface area (Å²) < 4.78 is 1.36. The van der Waals surface area contributed by atoms with Crippen molar-refractivity contribution in [3.63, 3.8) is 0 Å². The quantitative estimate of drug-likeness (QED) is 0.624. The molecule has 0 saturated carbocycles. The molecule has 0 amide bonds. The predicted octanol–water partition coefficient (Wildman–Crippen LogP) is 1.59. The first-order chi connectivity index (χ1) is 13.4. The summed E-state index contributed by atoms with van der Waals surface area (Å²) in [6, 6.07) is 10.6. The lowest BCUT2D eigenvalue weighted by molar-refractivity contribution is 0.101. The van der Waals surface area contributed by atoms with Gasteiger partial charge in [-0.3, -0.25) is 14.2 Å². The minimum atomic E-state index is -0.244. The lowest BCUT2D eigenvalue weighted by atomic mass is 10.1. The molecular weight excluding hydrogens is 356 g/mol. The number of anilines is 1. The molecule has 0 aliphatic heterocycles. The molecule has 1 N–H and O–H groups in total. The molecule has 0 bridgehead atoms. The molecule has 2 heterocycles. The largest absolute Gasteiger partial charge is 0.348 e. The number of nitrogens with zero attached hydrogens (tertiary/aromatic N) is 5. The average Bonchev–Trinajstić information content (AvgIpc) is 2.69. The van der Waals surface area contributed by atoms with E-state index in [9.17, 15) is 9.59 Å². The molecule has 8 heteroatoms. The Morgan fingerprint density at radius 1 is 1.14 bits per heavy atom. The second-order valence-corrected chi connectivity index (χ2v) is 6.67. The van der Waals surface area contributed by atoms with Crippen LogP contribution in [0.5, 0.6) is 0 Å². The molecule has 0 unspecified atom stereocenters. The van der Waals surface area contributed by atoms with Crippen LogP contribution in [0.2, 0.25) is 0 Å². The molecule has 0 radical (unpaired) electrons. The molecule has 8 nitrogen and oxygen atoms in total. The Kier molecular flexibility index (Phi) is 5.90. The monoisotopic (exact) mass is 378 g/mol. The Balaban J connectivity index is 1.74. The topological polar surface area (TPSA) is 93.0 Å². The van der Waals surface area contributed by atoms with Crippen LogP contribution < -0.4 is 10.9 Å². The van der Waals surface area contributed by atoms with E-state index >= 15 is 0 Å². The minimum absolute atomic E-state index is 0.0283. The van der Waals surface area contributed by atoms with E-state index in [0.717, 1.165) is 12.1 Å². The summed E-state index contributed by atoms with van der Waals surface area (Å²) in [6.45, 7) is 0.842. The molecule has 0 saturated heterocycles. The molecule has 0 spiro atoms. The second-order valence-electron chi connectivity index (χ2n) is 6.67. The van der Waals surface area contributed by atoms with Crippen molar-refractivity contribution in [2.24, 2.45) is 7.05 Å². The summed E-state index contributed by atoms with van der Waals surface area (Å²) in [4.78, 5) is 39.2. The van der Waals surface area contributed by atoms with Gasteiger partial charge in [0.25, 0.3) is 5.56 Å². The van der Waals surface area contributed by atoms with Gasteiger partial charge in [0.15, 0.2) is 5.78 Å². The second kappa shape index (κ2) is 8.53. The van der Waals surface area contributed by atoms with Gasteiger partial charge in [-0.2, -0.15) is 0 Å². The van der Waals surface area contributed by atoms with Gasteiger partial charge in [0.2, 0.25) is 5.95 Å². The number of ketones is 1. The Hall–Kier alpha value is -3.39. The zero-order valence-electron chi connectivity index (χ0n) is 16.1. The van der Waals surface area contributed by atoms with Gasteiger partial charge < -0.3 is 10.2 Å². The molecule has 3 aromatic rings. The van der Waals surface area contributed by atoms with Gasteiger partial charge >= 0.3 is 0 Å². The SMILES string of the molecule is CN(C)Cc1ccc(C(=O)CNc2nc(-c3ccncn3)cc(=O)n2C)cc1. The van der Waals surface area contributed by atoms with E-state index in [0.29, 0.717) is 22.9 Å². The highest BCUT2D eigenvalue weighted by molar-refractivity contribution is 5.98. The summed E-state index contributed by atoms with van der Waals surface area (Å²) in [5, 5.41) is 2.96. The van der Waals surface area contributed by atoms with Crippen LogP contribution in [-0.4, -0.2) is 50.8 Å². The van der Waals surface area contributed by atoms with Crippen LogP contribution in [0.3, 0.4) is 0 Å². The number of benzene rings is 1. The van der Waals surface area contributed by atoms with E-state index in [1.807, 2.05) is 38.4 Å². The predicted molar refractivity (Wildman–Crippen MR) is 107 cm³/mol. The minimum Gasteiger partial charge on any atom is -0.348 e. The fourth-order valence-corrected chi connectivity index (χ4v) is 2.69. The van der Waals surface area contributed by atoms with E-state index in [1.54, 1.807) is 19.3 Å². The number of hydrogen-bond donors (Lipinski definition) is 1. The maximum atomic E-state index is 12.5. The van der Waals surface area contributed by atoms with Crippen molar-refractivity contribution in [2.45, 2.75) is 6.54 Å². The summed E-state index contributed by atoms with van der Waals surface area (Å²) in [7, 11) is 5.59. The van der Waals surface area contributed by atoms with E-state index in [1.165, 1.54) is 17.0 Å². The van der Waals surface area contributed by atoms with E-state index in [2.05, 4.69) is 25.2 Å². The molecule has 0 aliphatic rings. The highest BCUT2D eigenvalue weighted by Gasteiger charge is 2.11. The third kappa shape index (κ3) is 4.66. The Morgan fingerprint density at radius 2 is 1.89 bits per heavy atom. The van der Waals surface area contributed by atoms with Crippen LogP contribution in [0.15, 0.2) is 53.7 Å². The van der Waals surface area contributed by atoms with Crippen molar-refractivity contribution in [1.29, 1.82) is 0 Å². The first-order valence-electron chi connectivity index (χ1n) is 8.79. The third-order valence-electron chi connectivity index (χ3n) is 4.16. The summed E-state index contributed by atoms with van der Waals surface area (Å²) in [6.07, 6.45) is 2.98. The van der Waals surface area contributed by atoms with Crippen molar-refractivity contribution < 1.29 is 4.79 Å². The maximum absolute atomic E-state index is 12.5. The van der Waals surface area contributed by atoms with Crippen molar-refractivity contribution in [3.05, 3.63) is 70.4 Å². The molecule has 0 fully saturated rings. The van der Waals surface area contributed by atoms with Gasteiger partial charge in [-0.1, -0.05) is 24.3 Å². The summed E-state index contributed by atoms with van der Waals surface area (Å²) >= 11 is 0. The zero-order chi connectivity index (χ0) is 20.1. The first kappa shape index (κ1) is 19.4. The smallest absolute Gasteiger partial charge is 0.255 e. The fourth-order valence-electron chi connectivity index (χ4n) is 2.69. The molecule has 28 heavy (non-hydrogen) atoms. The van der Waals surface area contributed by atoms with Crippen LogP contribution in [0.4, 0.5) is 5.95 Å². The van der Waals surface area contributed by atoms with Crippen LogP contribution >= 0.6 is 0 Å². The summed E-state index contributed by atoms with van der Waals surface area (Å²) in [5.41, 5.74) is 2.46. The number of nitrogens with one attached hydrogen (secondary N) is 1. The third-order valence-corrected chi connectivity index (χ3v) is 4.16. The molecule has 2 aromatic heterocycles. The van der Waals surface area contributed by atoms with E-state index in [-0.39, 0.29) is 17.9 Å². The maximum Gasteiger partial charge on any atom is 0.255 e. The number of Topliss-reactive ketones (excluding diaryl/α,β-unsaturated/α-hetero) is 1.